The van der Waals surface area contributed by atoms with Crippen molar-refractivity contribution in [2.75, 3.05) is 6.54 Å². The zero-order valence-electron chi connectivity index (χ0n) is 7.72. The molecule has 1 aliphatic heterocycles. The average Bonchev–Trinajstić information content (AvgIpc) is 2.58. The molecule has 1 saturated carbocycles. The van der Waals surface area contributed by atoms with Gasteiger partial charge in [-0.3, -0.25) is 0 Å². The second-order valence-electron chi connectivity index (χ2n) is 4.10. The number of nitrogens with one attached hydrogen (secondary N) is 1. The predicted molar refractivity (Wildman–Crippen MR) is 54.8 cm³/mol. The molecular formula is C10H20ClN. The van der Waals surface area contributed by atoms with Gasteiger partial charge < -0.3 is 5.32 Å². The van der Waals surface area contributed by atoms with E-state index in [4.69, 9.17) is 0 Å². The minimum absolute atomic E-state index is 0. The summed E-state index contributed by atoms with van der Waals surface area (Å²) in [4.78, 5) is 0. The molecule has 1 unspecified atom stereocenters. The summed E-state index contributed by atoms with van der Waals surface area (Å²) in [5.41, 5.74) is 0. The number of halogens is 1. The average molecular weight is 190 g/mol. The van der Waals surface area contributed by atoms with Crippen LogP contribution in [0.4, 0.5) is 0 Å². The molecule has 0 radical (unpaired) electrons. The highest BCUT2D eigenvalue weighted by molar-refractivity contribution is 5.85. The SMILES string of the molecule is C1CCC(C2CCCN2)CC1.Cl. The highest BCUT2D eigenvalue weighted by Gasteiger charge is 2.25. The predicted octanol–water partition coefficient (Wildman–Crippen LogP) is 2.74. The lowest BCUT2D eigenvalue weighted by Gasteiger charge is -2.27. The fraction of sp³-hybridized carbons (Fsp3) is 1.00. The smallest absolute Gasteiger partial charge is 0.00957 e. The van der Waals surface area contributed by atoms with Crippen LogP contribution in [0.15, 0.2) is 0 Å². The Labute approximate surface area is 81.7 Å². The Hall–Kier alpha value is 0.250. The van der Waals surface area contributed by atoms with Gasteiger partial charge in [0.2, 0.25) is 0 Å². The van der Waals surface area contributed by atoms with Crippen molar-refractivity contribution in [1.82, 2.24) is 5.32 Å². The highest BCUT2D eigenvalue weighted by Crippen LogP contribution is 2.29. The molecule has 1 saturated heterocycles. The normalized spacial score (nSPS) is 31.5. The zero-order chi connectivity index (χ0) is 7.52. The number of hydrogen-bond acceptors (Lipinski definition) is 1. The molecule has 2 heteroatoms. The van der Waals surface area contributed by atoms with Gasteiger partial charge in [-0.2, -0.15) is 0 Å². The van der Waals surface area contributed by atoms with Crippen LogP contribution >= 0.6 is 12.4 Å². The lowest BCUT2D eigenvalue weighted by atomic mass is 9.83. The van der Waals surface area contributed by atoms with Crippen LogP contribution in [0.5, 0.6) is 0 Å². The first kappa shape index (κ1) is 10.3. The van der Waals surface area contributed by atoms with Crippen LogP contribution in [-0.4, -0.2) is 12.6 Å². The molecule has 2 fully saturated rings. The molecule has 1 heterocycles. The van der Waals surface area contributed by atoms with E-state index in [0.29, 0.717) is 0 Å². The Morgan fingerprint density at radius 2 is 1.58 bits per heavy atom. The quantitative estimate of drug-likeness (QED) is 0.669. The van der Waals surface area contributed by atoms with E-state index in [1.807, 2.05) is 0 Å². The first-order valence-corrected chi connectivity index (χ1v) is 5.20. The van der Waals surface area contributed by atoms with Crippen LogP contribution in [0.25, 0.3) is 0 Å². The van der Waals surface area contributed by atoms with Crippen molar-refractivity contribution in [2.45, 2.75) is 51.0 Å². The van der Waals surface area contributed by atoms with Gasteiger partial charge in [-0.15, -0.1) is 12.4 Å². The molecule has 0 spiro atoms. The summed E-state index contributed by atoms with van der Waals surface area (Å²) in [6.45, 7) is 1.28. The third kappa shape index (κ3) is 2.37. The molecule has 12 heavy (non-hydrogen) atoms. The maximum Gasteiger partial charge on any atom is 0.00957 e. The van der Waals surface area contributed by atoms with Gasteiger partial charge in [0.05, 0.1) is 0 Å². The molecule has 2 aliphatic rings. The third-order valence-corrected chi connectivity index (χ3v) is 3.32. The van der Waals surface area contributed by atoms with Crippen LogP contribution in [0.1, 0.15) is 44.9 Å². The van der Waals surface area contributed by atoms with E-state index < -0.39 is 0 Å². The van der Waals surface area contributed by atoms with Crippen LogP contribution < -0.4 is 5.32 Å². The maximum atomic E-state index is 3.63. The Bertz CT molecular complexity index is 115. The summed E-state index contributed by atoms with van der Waals surface area (Å²) >= 11 is 0. The van der Waals surface area contributed by atoms with Crippen molar-refractivity contribution < 1.29 is 0 Å². The second kappa shape index (κ2) is 5.08. The van der Waals surface area contributed by atoms with Crippen molar-refractivity contribution >= 4 is 12.4 Å². The Morgan fingerprint density at radius 1 is 0.833 bits per heavy atom. The summed E-state index contributed by atoms with van der Waals surface area (Å²) in [5, 5.41) is 3.63. The standard InChI is InChI=1S/C10H19N.ClH/c1-2-5-9(6-3-1)10-7-4-8-11-10;/h9-11H,1-8H2;1H. The largest absolute Gasteiger partial charge is 0.314 e. The summed E-state index contributed by atoms with van der Waals surface area (Å²) in [6, 6.07) is 0.898. The summed E-state index contributed by atoms with van der Waals surface area (Å²) in [7, 11) is 0. The Balaban J connectivity index is 0.000000720. The monoisotopic (exact) mass is 189 g/mol. The fourth-order valence-corrected chi connectivity index (χ4v) is 2.65. The first-order chi connectivity index (χ1) is 5.47. The molecule has 0 amide bonds. The second-order valence-corrected chi connectivity index (χ2v) is 4.10. The molecule has 1 aliphatic carbocycles. The van der Waals surface area contributed by atoms with Gasteiger partial charge in [0.15, 0.2) is 0 Å². The lowest BCUT2D eigenvalue weighted by molar-refractivity contribution is 0.287. The van der Waals surface area contributed by atoms with Crippen LogP contribution in [0.3, 0.4) is 0 Å². The van der Waals surface area contributed by atoms with Gasteiger partial charge in [0.1, 0.15) is 0 Å². The lowest BCUT2D eigenvalue weighted by Crippen LogP contribution is -2.31. The van der Waals surface area contributed by atoms with Crippen molar-refractivity contribution in [1.29, 1.82) is 0 Å². The minimum Gasteiger partial charge on any atom is -0.314 e. The molecule has 1 atom stereocenters. The number of rotatable bonds is 1. The van der Waals surface area contributed by atoms with E-state index in [-0.39, 0.29) is 12.4 Å². The topological polar surface area (TPSA) is 12.0 Å². The summed E-state index contributed by atoms with van der Waals surface area (Å²) in [5.74, 6) is 1.03. The van der Waals surface area contributed by atoms with Gasteiger partial charge in [0.25, 0.3) is 0 Å². The summed E-state index contributed by atoms with van der Waals surface area (Å²) in [6.07, 6.45) is 10.3. The van der Waals surface area contributed by atoms with E-state index in [1.54, 1.807) is 0 Å². The van der Waals surface area contributed by atoms with E-state index in [9.17, 15) is 0 Å². The Morgan fingerprint density at radius 3 is 2.17 bits per heavy atom. The van der Waals surface area contributed by atoms with Crippen LogP contribution in [0.2, 0.25) is 0 Å². The fourth-order valence-electron chi connectivity index (χ4n) is 2.65. The molecule has 0 aromatic heterocycles. The van der Waals surface area contributed by atoms with Gasteiger partial charge in [-0.05, 0) is 38.1 Å². The van der Waals surface area contributed by atoms with Gasteiger partial charge in [-0.1, -0.05) is 19.3 Å². The molecule has 2 rings (SSSR count). The maximum absolute atomic E-state index is 3.63. The van der Waals surface area contributed by atoms with E-state index in [0.717, 1.165) is 12.0 Å². The first-order valence-electron chi connectivity index (χ1n) is 5.20. The molecule has 72 valence electrons. The molecule has 1 N–H and O–H groups in total. The zero-order valence-corrected chi connectivity index (χ0v) is 8.54. The van der Waals surface area contributed by atoms with Gasteiger partial charge in [-0.25, -0.2) is 0 Å². The molecule has 1 nitrogen and oxygen atoms in total. The number of hydrogen-bond donors (Lipinski definition) is 1. The van der Waals surface area contributed by atoms with Crippen molar-refractivity contribution in [3.8, 4) is 0 Å². The molecule has 0 bridgehead atoms. The van der Waals surface area contributed by atoms with Crippen molar-refractivity contribution in [3.63, 3.8) is 0 Å². The molecule has 0 aromatic carbocycles. The molecule has 0 aromatic rings. The van der Waals surface area contributed by atoms with Crippen molar-refractivity contribution in [2.24, 2.45) is 5.92 Å². The Kier molecular flexibility index (Phi) is 4.38. The van der Waals surface area contributed by atoms with E-state index in [1.165, 1.54) is 51.5 Å². The highest BCUT2D eigenvalue weighted by atomic mass is 35.5. The third-order valence-electron chi connectivity index (χ3n) is 3.32. The minimum atomic E-state index is 0. The molecular weight excluding hydrogens is 170 g/mol. The van der Waals surface area contributed by atoms with Gasteiger partial charge >= 0.3 is 0 Å². The van der Waals surface area contributed by atoms with E-state index in [2.05, 4.69) is 5.32 Å². The summed E-state index contributed by atoms with van der Waals surface area (Å²) < 4.78 is 0. The van der Waals surface area contributed by atoms with E-state index >= 15 is 0 Å². The van der Waals surface area contributed by atoms with Crippen LogP contribution in [-0.2, 0) is 0 Å². The van der Waals surface area contributed by atoms with Crippen LogP contribution in [0, 0.1) is 5.92 Å². The van der Waals surface area contributed by atoms with Gasteiger partial charge in [0, 0.05) is 6.04 Å². The van der Waals surface area contributed by atoms with Crippen molar-refractivity contribution in [3.05, 3.63) is 0 Å².